The highest BCUT2D eigenvalue weighted by molar-refractivity contribution is 5.95. The molecule has 2 aromatic carbocycles. The quantitative estimate of drug-likeness (QED) is 0.473. The lowest BCUT2D eigenvalue weighted by molar-refractivity contribution is -0.385. The molecule has 0 bridgehead atoms. The molecule has 0 aliphatic carbocycles. The number of ether oxygens (including phenoxy) is 2. The second-order valence-electron chi connectivity index (χ2n) is 4.83. The van der Waals surface area contributed by atoms with E-state index in [9.17, 15) is 14.9 Å². The summed E-state index contributed by atoms with van der Waals surface area (Å²) in [6, 6.07) is 11.4. The fraction of sp³-hybridized carbons (Fsp3) is 0.176. The largest absolute Gasteiger partial charge is 0.490 e. The summed E-state index contributed by atoms with van der Waals surface area (Å²) in [6.45, 7) is 2.07. The van der Waals surface area contributed by atoms with Gasteiger partial charge in [-0.25, -0.2) is 5.43 Å². The number of amides is 1. The zero-order valence-corrected chi connectivity index (χ0v) is 13.8. The summed E-state index contributed by atoms with van der Waals surface area (Å²) >= 11 is 0. The lowest BCUT2D eigenvalue weighted by Gasteiger charge is -2.10. The first kappa shape index (κ1) is 17.9. The van der Waals surface area contributed by atoms with E-state index in [-0.39, 0.29) is 23.1 Å². The Balaban J connectivity index is 2.23. The molecular formula is C17H17N3O5. The van der Waals surface area contributed by atoms with Crippen molar-refractivity contribution in [3.63, 3.8) is 0 Å². The van der Waals surface area contributed by atoms with Crippen molar-refractivity contribution in [2.45, 2.75) is 6.92 Å². The molecule has 8 heteroatoms. The average molecular weight is 343 g/mol. The number of carbonyl (C=O) groups is 1. The zero-order valence-electron chi connectivity index (χ0n) is 13.8. The summed E-state index contributed by atoms with van der Waals surface area (Å²) in [7, 11) is 1.33. The van der Waals surface area contributed by atoms with E-state index in [0.717, 1.165) is 0 Å². The van der Waals surface area contributed by atoms with Crippen molar-refractivity contribution in [1.29, 1.82) is 0 Å². The second kappa shape index (κ2) is 8.44. The molecule has 0 heterocycles. The second-order valence-corrected chi connectivity index (χ2v) is 4.83. The van der Waals surface area contributed by atoms with Crippen LogP contribution in [0.4, 0.5) is 5.69 Å². The van der Waals surface area contributed by atoms with Crippen molar-refractivity contribution in [2.75, 3.05) is 13.7 Å². The van der Waals surface area contributed by atoms with Gasteiger partial charge in [0.05, 0.1) is 24.9 Å². The van der Waals surface area contributed by atoms with Crippen molar-refractivity contribution in [1.82, 2.24) is 5.43 Å². The van der Waals surface area contributed by atoms with Gasteiger partial charge in [0.1, 0.15) is 0 Å². The number of nitro benzene ring substituents is 1. The van der Waals surface area contributed by atoms with Crippen LogP contribution in [0.5, 0.6) is 11.5 Å². The standard InChI is InChI=1S/C17H17N3O5/c1-3-25-15-10-12(9-14(20(22)23)16(15)24-2)11-18-19-17(21)13-7-5-4-6-8-13/h4-11H,3H2,1-2H3,(H,19,21)/b18-11+. The van der Waals surface area contributed by atoms with Crippen LogP contribution in [0.1, 0.15) is 22.8 Å². The Bertz CT molecular complexity index is 790. The number of carbonyl (C=O) groups excluding carboxylic acids is 1. The number of hydrogen-bond acceptors (Lipinski definition) is 6. The number of rotatable bonds is 7. The number of hydrazone groups is 1. The summed E-state index contributed by atoms with van der Waals surface area (Å²) in [6.07, 6.45) is 1.30. The van der Waals surface area contributed by atoms with Gasteiger partial charge in [-0.1, -0.05) is 18.2 Å². The van der Waals surface area contributed by atoms with Gasteiger partial charge >= 0.3 is 5.69 Å². The average Bonchev–Trinajstić information content (AvgIpc) is 2.62. The van der Waals surface area contributed by atoms with Crippen molar-refractivity contribution in [3.05, 3.63) is 63.7 Å². The molecule has 0 unspecified atom stereocenters. The van der Waals surface area contributed by atoms with Crippen LogP contribution in [0.3, 0.4) is 0 Å². The summed E-state index contributed by atoms with van der Waals surface area (Å²) < 4.78 is 10.4. The van der Waals surface area contributed by atoms with Crippen LogP contribution in [0.2, 0.25) is 0 Å². The topological polar surface area (TPSA) is 103 Å². The number of benzene rings is 2. The Labute approximate surface area is 144 Å². The predicted octanol–water partition coefficient (Wildman–Crippen LogP) is 2.77. The van der Waals surface area contributed by atoms with Crippen LogP contribution in [0.25, 0.3) is 0 Å². The van der Waals surface area contributed by atoms with Crippen LogP contribution in [-0.2, 0) is 0 Å². The molecule has 2 rings (SSSR count). The molecule has 0 radical (unpaired) electrons. The first-order valence-electron chi connectivity index (χ1n) is 7.44. The maximum Gasteiger partial charge on any atom is 0.315 e. The monoisotopic (exact) mass is 343 g/mol. The van der Waals surface area contributed by atoms with Gasteiger partial charge in [-0.2, -0.15) is 5.10 Å². The van der Waals surface area contributed by atoms with Crippen molar-refractivity contribution >= 4 is 17.8 Å². The lowest BCUT2D eigenvalue weighted by Crippen LogP contribution is -2.17. The maximum absolute atomic E-state index is 11.9. The zero-order chi connectivity index (χ0) is 18.2. The molecule has 130 valence electrons. The van der Waals surface area contributed by atoms with E-state index < -0.39 is 4.92 Å². The van der Waals surface area contributed by atoms with Crippen molar-refractivity contribution in [2.24, 2.45) is 5.10 Å². The van der Waals surface area contributed by atoms with E-state index in [1.54, 1.807) is 43.3 Å². The number of nitro groups is 1. The Hall–Kier alpha value is -3.42. The molecule has 0 aliphatic rings. The molecule has 0 spiro atoms. The first-order valence-corrected chi connectivity index (χ1v) is 7.44. The van der Waals surface area contributed by atoms with Gasteiger partial charge in [0.15, 0.2) is 5.75 Å². The fourth-order valence-corrected chi connectivity index (χ4v) is 2.11. The SMILES string of the molecule is CCOc1cc(/C=N/NC(=O)c2ccccc2)cc([N+](=O)[O-])c1OC. The highest BCUT2D eigenvalue weighted by atomic mass is 16.6. The molecular weight excluding hydrogens is 326 g/mol. The third kappa shape index (κ3) is 4.54. The van der Waals surface area contributed by atoms with Crippen molar-refractivity contribution in [3.8, 4) is 11.5 Å². The third-order valence-electron chi connectivity index (χ3n) is 3.17. The smallest absolute Gasteiger partial charge is 0.315 e. The van der Waals surface area contributed by atoms with Gasteiger partial charge in [0.25, 0.3) is 5.91 Å². The molecule has 1 amide bonds. The Morgan fingerprint density at radius 2 is 2.04 bits per heavy atom. The van der Waals surface area contributed by atoms with E-state index >= 15 is 0 Å². The minimum atomic E-state index is -0.568. The molecule has 0 fully saturated rings. The molecule has 0 saturated heterocycles. The number of hydrogen-bond donors (Lipinski definition) is 1. The molecule has 1 N–H and O–H groups in total. The Morgan fingerprint density at radius 3 is 2.64 bits per heavy atom. The molecule has 0 atom stereocenters. The third-order valence-corrected chi connectivity index (χ3v) is 3.17. The molecule has 0 aliphatic heterocycles. The predicted molar refractivity (Wildman–Crippen MR) is 92.3 cm³/mol. The molecule has 0 aromatic heterocycles. The van der Waals surface area contributed by atoms with Gasteiger partial charge in [-0.3, -0.25) is 14.9 Å². The Kier molecular flexibility index (Phi) is 6.05. The first-order chi connectivity index (χ1) is 12.1. The minimum Gasteiger partial charge on any atom is -0.490 e. The van der Waals surface area contributed by atoms with E-state index in [4.69, 9.17) is 9.47 Å². The molecule has 0 saturated carbocycles. The van der Waals surface area contributed by atoms with E-state index in [2.05, 4.69) is 10.5 Å². The van der Waals surface area contributed by atoms with E-state index in [1.165, 1.54) is 19.4 Å². The van der Waals surface area contributed by atoms with Crippen LogP contribution in [0, 0.1) is 10.1 Å². The van der Waals surface area contributed by atoms with Gasteiger partial charge in [0.2, 0.25) is 5.75 Å². The van der Waals surface area contributed by atoms with Gasteiger partial charge in [0, 0.05) is 17.2 Å². The summed E-state index contributed by atoms with van der Waals surface area (Å²) in [4.78, 5) is 22.5. The highest BCUT2D eigenvalue weighted by Crippen LogP contribution is 2.37. The summed E-state index contributed by atoms with van der Waals surface area (Å²) in [5.74, 6) is -0.114. The van der Waals surface area contributed by atoms with Crippen LogP contribution < -0.4 is 14.9 Å². The minimum absolute atomic E-state index is 0.0392. The molecule has 2 aromatic rings. The van der Waals surface area contributed by atoms with E-state index in [1.807, 2.05) is 0 Å². The number of nitrogens with one attached hydrogen (secondary N) is 1. The van der Waals surface area contributed by atoms with E-state index in [0.29, 0.717) is 17.7 Å². The summed E-state index contributed by atoms with van der Waals surface area (Å²) in [5.41, 5.74) is 2.97. The number of methoxy groups -OCH3 is 1. The van der Waals surface area contributed by atoms with Gasteiger partial charge < -0.3 is 9.47 Å². The maximum atomic E-state index is 11.9. The lowest BCUT2D eigenvalue weighted by atomic mass is 10.2. The van der Waals surface area contributed by atoms with Gasteiger partial charge in [-0.05, 0) is 25.1 Å². The Morgan fingerprint density at radius 1 is 1.32 bits per heavy atom. The molecule has 25 heavy (non-hydrogen) atoms. The van der Waals surface area contributed by atoms with Crippen LogP contribution >= 0.6 is 0 Å². The van der Waals surface area contributed by atoms with Crippen LogP contribution in [-0.4, -0.2) is 30.8 Å². The number of nitrogens with zero attached hydrogens (tertiary/aromatic N) is 2. The highest BCUT2D eigenvalue weighted by Gasteiger charge is 2.21. The molecule has 8 nitrogen and oxygen atoms in total. The van der Waals surface area contributed by atoms with Crippen molar-refractivity contribution < 1.29 is 19.2 Å². The fourth-order valence-electron chi connectivity index (χ4n) is 2.11. The van der Waals surface area contributed by atoms with Gasteiger partial charge in [-0.15, -0.1) is 0 Å². The summed E-state index contributed by atoms with van der Waals surface area (Å²) in [5, 5.41) is 15.0. The van der Waals surface area contributed by atoms with Crippen LogP contribution in [0.15, 0.2) is 47.6 Å². The normalized spacial score (nSPS) is 10.5.